The minimum Gasteiger partial charge on any atom is -0.494 e. The molecule has 0 radical (unpaired) electrons. The molecule has 9 heteroatoms. The lowest BCUT2D eigenvalue weighted by Crippen LogP contribution is -2.57. The molecule has 3 aliphatic heterocycles. The van der Waals surface area contributed by atoms with Gasteiger partial charge in [-0.25, -0.2) is 0 Å². The average Bonchev–Trinajstić information content (AvgIpc) is 3.45. The van der Waals surface area contributed by atoms with Crippen LogP contribution < -0.4 is 15.4 Å². The molecule has 3 fully saturated rings. The zero-order chi connectivity index (χ0) is 26.2. The highest BCUT2D eigenvalue weighted by Gasteiger charge is 2.74. The van der Waals surface area contributed by atoms with E-state index in [4.69, 9.17) is 4.74 Å². The van der Waals surface area contributed by atoms with Crippen molar-refractivity contribution in [2.24, 2.45) is 17.8 Å². The van der Waals surface area contributed by atoms with Crippen LogP contribution in [0, 0.1) is 17.8 Å². The van der Waals surface area contributed by atoms with Crippen LogP contribution in [-0.2, 0) is 14.4 Å². The van der Waals surface area contributed by atoms with E-state index in [0.717, 1.165) is 12.2 Å². The number of nitrogens with zero attached hydrogens (tertiary/aromatic N) is 1. The van der Waals surface area contributed by atoms with Gasteiger partial charge < -0.3 is 25.4 Å². The summed E-state index contributed by atoms with van der Waals surface area (Å²) < 4.78 is 4.82. The van der Waals surface area contributed by atoms with Crippen molar-refractivity contribution < 1.29 is 24.2 Å². The third-order valence-electron chi connectivity index (χ3n) is 7.50. The standard InChI is InChI=1S/C27H39N3O5S/c1-6-35-19-9-7-17(8-10-19)29-24(32)21-20-11-12-27(36-20)22(21)26(34)30(18(14-31)13-15(2)3)23(27)25(33)28-16(4)5/h7-10,15-16,18,20-23,31H,6,11-14H2,1-5H3,(H,28,33)(H,29,32)/t18-,20-,21+,22+,23?,27?/m1/s1. The largest absolute Gasteiger partial charge is 0.494 e. The van der Waals surface area contributed by atoms with Crippen LogP contribution in [0.1, 0.15) is 53.9 Å². The van der Waals surface area contributed by atoms with E-state index in [-0.39, 0.29) is 41.5 Å². The summed E-state index contributed by atoms with van der Waals surface area (Å²) in [6.45, 7) is 10.1. The highest BCUT2D eigenvalue weighted by Crippen LogP contribution is 2.66. The van der Waals surface area contributed by atoms with Crippen LogP contribution in [0.4, 0.5) is 5.69 Å². The molecule has 1 aromatic carbocycles. The summed E-state index contributed by atoms with van der Waals surface area (Å²) in [5, 5.41) is 16.3. The van der Waals surface area contributed by atoms with Gasteiger partial charge in [0.15, 0.2) is 0 Å². The Kier molecular flexibility index (Phi) is 7.90. The quantitative estimate of drug-likeness (QED) is 0.440. The fraction of sp³-hybridized carbons (Fsp3) is 0.667. The van der Waals surface area contributed by atoms with Gasteiger partial charge >= 0.3 is 0 Å². The molecule has 3 amide bonds. The maximum Gasteiger partial charge on any atom is 0.244 e. The zero-order valence-corrected chi connectivity index (χ0v) is 22.6. The van der Waals surface area contributed by atoms with Crippen molar-refractivity contribution in [3.63, 3.8) is 0 Å². The molecule has 3 heterocycles. The van der Waals surface area contributed by atoms with Gasteiger partial charge in [-0.05, 0) is 70.2 Å². The number of ether oxygens (including phenoxy) is 1. The fourth-order valence-corrected chi connectivity index (χ4v) is 8.50. The molecule has 36 heavy (non-hydrogen) atoms. The lowest BCUT2D eigenvalue weighted by Gasteiger charge is -2.38. The zero-order valence-electron chi connectivity index (χ0n) is 21.8. The molecule has 3 aliphatic rings. The molecular formula is C27H39N3O5S. The number of nitrogens with one attached hydrogen (secondary N) is 2. The summed E-state index contributed by atoms with van der Waals surface area (Å²) in [7, 11) is 0. The van der Waals surface area contributed by atoms with Gasteiger partial charge in [-0.3, -0.25) is 14.4 Å². The van der Waals surface area contributed by atoms with E-state index in [2.05, 4.69) is 10.6 Å². The minimum atomic E-state index is -0.702. The molecule has 2 bridgehead atoms. The van der Waals surface area contributed by atoms with Crippen LogP contribution >= 0.6 is 11.8 Å². The Labute approximate surface area is 217 Å². The highest BCUT2D eigenvalue weighted by atomic mass is 32.2. The van der Waals surface area contributed by atoms with Gasteiger partial charge in [0.05, 0.1) is 35.8 Å². The van der Waals surface area contributed by atoms with E-state index in [1.54, 1.807) is 28.8 Å². The molecular weight excluding hydrogens is 478 g/mol. The number of fused-ring (bicyclic) bond motifs is 1. The molecule has 0 saturated carbocycles. The number of likely N-dealkylation sites (tertiary alicyclic amines) is 1. The average molecular weight is 518 g/mol. The molecule has 3 saturated heterocycles. The van der Waals surface area contributed by atoms with Gasteiger partial charge in [0.1, 0.15) is 11.8 Å². The van der Waals surface area contributed by atoms with E-state index in [0.29, 0.717) is 25.1 Å². The smallest absolute Gasteiger partial charge is 0.244 e. The van der Waals surface area contributed by atoms with Gasteiger partial charge in [0.2, 0.25) is 17.7 Å². The number of thioether (sulfide) groups is 1. The normalized spacial score (nSPS) is 29.6. The fourth-order valence-electron chi connectivity index (χ4n) is 6.29. The molecule has 4 rings (SSSR count). The van der Waals surface area contributed by atoms with Crippen molar-refractivity contribution in [3.05, 3.63) is 24.3 Å². The van der Waals surface area contributed by atoms with Gasteiger partial charge in [-0.2, -0.15) is 0 Å². The maximum atomic E-state index is 14.1. The maximum absolute atomic E-state index is 14.1. The second kappa shape index (κ2) is 10.6. The van der Waals surface area contributed by atoms with E-state index in [1.807, 2.05) is 46.8 Å². The van der Waals surface area contributed by atoms with Crippen LogP contribution in [0.2, 0.25) is 0 Å². The Balaban J connectivity index is 1.65. The number of hydrogen-bond donors (Lipinski definition) is 3. The second-order valence-corrected chi connectivity index (χ2v) is 12.5. The number of aliphatic hydroxyl groups excluding tert-OH is 1. The third-order valence-corrected chi connectivity index (χ3v) is 9.45. The topological polar surface area (TPSA) is 108 Å². The molecule has 6 atom stereocenters. The number of rotatable bonds is 10. The third kappa shape index (κ3) is 4.72. The number of carbonyl (C=O) groups is 3. The van der Waals surface area contributed by atoms with E-state index < -0.39 is 28.7 Å². The molecule has 1 spiro atoms. The van der Waals surface area contributed by atoms with Gasteiger partial charge in [-0.15, -0.1) is 11.8 Å². The molecule has 0 aromatic heterocycles. The van der Waals surface area contributed by atoms with Gasteiger partial charge in [0.25, 0.3) is 0 Å². The lowest BCUT2D eigenvalue weighted by atomic mass is 9.70. The van der Waals surface area contributed by atoms with Crippen LogP contribution in [0.3, 0.4) is 0 Å². The van der Waals surface area contributed by atoms with Gasteiger partial charge in [-0.1, -0.05) is 13.8 Å². The summed E-state index contributed by atoms with van der Waals surface area (Å²) >= 11 is 1.64. The highest BCUT2D eigenvalue weighted by molar-refractivity contribution is 8.02. The van der Waals surface area contributed by atoms with Crippen LogP contribution in [0.5, 0.6) is 5.75 Å². The van der Waals surface area contributed by atoms with E-state index >= 15 is 0 Å². The Hall–Kier alpha value is -2.26. The van der Waals surface area contributed by atoms with Crippen molar-refractivity contribution in [2.45, 2.75) is 82.0 Å². The van der Waals surface area contributed by atoms with Crippen molar-refractivity contribution in [3.8, 4) is 5.75 Å². The molecule has 3 N–H and O–H groups in total. The molecule has 8 nitrogen and oxygen atoms in total. The first kappa shape index (κ1) is 26.8. The monoisotopic (exact) mass is 517 g/mol. The number of hydrogen-bond acceptors (Lipinski definition) is 6. The minimum absolute atomic E-state index is 0.0178. The number of aliphatic hydroxyl groups is 1. The number of anilines is 1. The summed E-state index contributed by atoms with van der Waals surface area (Å²) in [5.41, 5.74) is 0.648. The van der Waals surface area contributed by atoms with E-state index in [1.165, 1.54) is 0 Å². The first-order valence-electron chi connectivity index (χ1n) is 13.1. The number of amides is 3. The van der Waals surface area contributed by atoms with Gasteiger partial charge in [0, 0.05) is 17.0 Å². The van der Waals surface area contributed by atoms with Crippen molar-refractivity contribution in [2.75, 3.05) is 18.5 Å². The SMILES string of the molecule is CCOc1ccc(NC(=O)[C@@H]2[C@H]3C(=O)N([C@@H](CO)CC(C)C)C(C(=O)NC(C)C)C34CC[C@H]2S4)cc1. The van der Waals surface area contributed by atoms with Crippen LogP contribution in [0.25, 0.3) is 0 Å². The second-order valence-electron chi connectivity index (χ2n) is 10.9. The summed E-state index contributed by atoms with van der Waals surface area (Å²) in [4.78, 5) is 42.9. The molecule has 2 unspecified atom stereocenters. The lowest BCUT2D eigenvalue weighted by molar-refractivity contribution is -0.142. The molecule has 1 aromatic rings. The summed E-state index contributed by atoms with van der Waals surface area (Å²) in [6, 6.07) is 5.97. The van der Waals surface area contributed by atoms with Crippen molar-refractivity contribution >= 4 is 35.2 Å². The number of benzene rings is 1. The predicted molar refractivity (Wildman–Crippen MR) is 141 cm³/mol. The Morgan fingerprint density at radius 3 is 2.47 bits per heavy atom. The Bertz CT molecular complexity index is 984. The van der Waals surface area contributed by atoms with Crippen molar-refractivity contribution in [1.29, 1.82) is 0 Å². The Morgan fingerprint density at radius 1 is 1.19 bits per heavy atom. The van der Waals surface area contributed by atoms with E-state index in [9.17, 15) is 19.5 Å². The number of carbonyl (C=O) groups excluding carboxylic acids is 3. The first-order valence-corrected chi connectivity index (χ1v) is 14.0. The summed E-state index contributed by atoms with van der Waals surface area (Å²) in [6.07, 6.45) is 2.08. The summed E-state index contributed by atoms with van der Waals surface area (Å²) in [5.74, 6) is -0.710. The molecule has 0 aliphatic carbocycles. The molecule has 198 valence electrons. The van der Waals surface area contributed by atoms with Crippen molar-refractivity contribution in [1.82, 2.24) is 10.2 Å². The van der Waals surface area contributed by atoms with Crippen LogP contribution in [0.15, 0.2) is 24.3 Å². The first-order chi connectivity index (χ1) is 17.1. The predicted octanol–water partition coefficient (Wildman–Crippen LogP) is 3.05. The van der Waals surface area contributed by atoms with Crippen LogP contribution in [-0.4, -0.2) is 69.1 Å². The Morgan fingerprint density at radius 2 is 1.89 bits per heavy atom.